The number of rotatable bonds is 6. The number of hydrogen-bond acceptors (Lipinski definition) is 7. The van der Waals surface area contributed by atoms with Crippen molar-refractivity contribution in [3.63, 3.8) is 0 Å². The number of benzene rings is 1. The van der Waals surface area contributed by atoms with Crippen LogP contribution in [0.25, 0.3) is 0 Å². The Morgan fingerprint density at radius 2 is 2.23 bits per heavy atom. The van der Waals surface area contributed by atoms with Crippen molar-refractivity contribution >= 4 is 28.4 Å². The first kappa shape index (κ1) is 16.4. The predicted octanol–water partition coefficient (Wildman–Crippen LogP) is 1.69. The van der Waals surface area contributed by atoms with Crippen molar-refractivity contribution in [3.05, 3.63) is 23.8 Å². The molecule has 1 aliphatic heterocycles. The van der Waals surface area contributed by atoms with Gasteiger partial charge in [-0.05, 0) is 35.9 Å². The lowest BCUT2D eigenvalue weighted by Gasteiger charge is -2.33. The molecule has 1 heterocycles. The first-order chi connectivity index (χ1) is 10.4. The number of ether oxygens (including phenoxy) is 1. The molecule has 6 N–H and O–H groups in total. The van der Waals surface area contributed by atoms with Gasteiger partial charge in [-0.15, -0.1) is 4.40 Å². The third-order valence-corrected chi connectivity index (χ3v) is 3.90. The second kappa shape index (κ2) is 6.86. The van der Waals surface area contributed by atoms with Crippen LogP contribution in [0.2, 0.25) is 0 Å². The third kappa shape index (κ3) is 4.26. The molecule has 1 aromatic rings. The summed E-state index contributed by atoms with van der Waals surface area (Å²) in [6.45, 7) is 2.55. The smallest absolute Gasteiger partial charge is 0.216 e. The minimum atomic E-state index is -3.29. The van der Waals surface area contributed by atoms with Gasteiger partial charge >= 0.3 is 0 Å². The van der Waals surface area contributed by atoms with Crippen LogP contribution < -0.4 is 20.5 Å². The van der Waals surface area contributed by atoms with E-state index in [1.54, 1.807) is 18.2 Å². The molecule has 0 aromatic heterocycles. The molecule has 0 bridgehead atoms. The summed E-state index contributed by atoms with van der Waals surface area (Å²) in [6, 6.07) is 5.15. The Hall–Kier alpha value is -1.97. The van der Waals surface area contributed by atoms with Crippen LogP contribution in [0.3, 0.4) is 0 Å². The van der Waals surface area contributed by atoms with Gasteiger partial charge in [-0.3, -0.25) is 18.6 Å². The molecule has 0 fully saturated rings. The van der Waals surface area contributed by atoms with E-state index in [2.05, 4.69) is 14.4 Å². The van der Waals surface area contributed by atoms with Crippen molar-refractivity contribution in [3.8, 4) is 5.75 Å². The van der Waals surface area contributed by atoms with Gasteiger partial charge in [0.1, 0.15) is 5.75 Å². The summed E-state index contributed by atoms with van der Waals surface area (Å²) in [5.74, 6) is 0.510. The SMILES string of the molecule is CC(=O)NCCCCOc1cccc2c1C(N)=NS(O)(O)N2. The molecular weight excluding hydrogens is 308 g/mol. The van der Waals surface area contributed by atoms with Gasteiger partial charge in [0, 0.05) is 13.5 Å². The highest BCUT2D eigenvalue weighted by Crippen LogP contribution is 2.46. The van der Waals surface area contributed by atoms with Crippen molar-refractivity contribution in [2.75, 3.05) is 17.9 Å². The van der Waals surface area contributed by atoms with Crippen molar-refractivity contribution < 1.29 is 18.6 Å². The highest BCUT2D eigenvalue weighted by molar-refractivity contribution is 8.24. The summed E-state index contributed by atoms with van der Waals surface area (Å²) in [5.41, 5.74) is 6.79. The molecule has 0 saturated heterocycles. The number of nitrogens with zero attached hydrogens (tertiary/aromatic N) is 1. The van der Waals surface area contributed by atoms with E-state index in [1.807, 2.05) is 0 Å². The van der Waals surface area contributed by atoms with Crippen molar-refractivity contribution in [2.24, 2.45) is 10.1 Å². The molecule has 0 saturated carbocycles. The van der Waals surface area contributed by atoms with E-state index in [0.29, 0.717) is 30.2 Å². The zero-order chi connectivity index (χ0) is 16.2. The maximum absolute atomic E-state index is 10.7. The summed E-state index contributed by atoms with van der Waals surface area (Å²) in [7, 11) is -3.29. The number of fused-ring (bicyclic) bond motifs is 1. The van der Waals surface area contributed by atoms with E-state index >= 15 is 0 Å². The molecule has 1 aromatic carbocycles. The minimum Gasteiger partial charge on any atom is -0.493 e. The molecule has 0 aliphatic carbocycles. The molecule has 22 heavy (non-hydrogen) atoms. The lowest BCUT2D eigenvalue weighted by molar-refractivity contribution is -0.118. The Morgan fingerprint density at radius 3 is 2.95 bits per heavy atom. The van der Waals surface area contributed by atoms with Gasteiger partial charge in [0.25, 0.3) is 0 Å². The zero-order valence-electron chi connectivity index (χ0n) is 12.2. The number of unbranched alkanes of at least 4 members (excludes halogenated alkanes) is 1. The van der Waals surface area contributed by atoms with Crippen LogP contribution >= 0.6 is 11.0 Å². The molecule has 0 radical (unpaired) electrons. The second-order valence-electron chi connectivity index (χ2n) is 4.81. The average molecular weight is 328 g/mol. The highest BCUT2D eigenvalue weighted by Gasteiger charge is 2.24. The molecule has 8 nitrogen and oxygen atoms in total. The van der Waals surface area contributed by atoms with Crippen LogP contribution in [0.5, 0.6) is 5.75 Å². The summed E-state index contributed by atoms with van der Waals surface area (Å²) in [4.78, 5) is 10.7. The van der Waals surface area contributed by atoms with Crippen LogP contribution in [0.4, 0.5) is 5.69 Å². The van der Waals surface area contributed by atoms with Gasteiger partial charge in [0.2, 0.25) is 5.91 Å². The topological polar surface area (TPSA) is 129 Å². The molecule has 2 rings (SSSR count). The Morgan fingerprint density at radius 1 is 1.45 bits per heavy atom. The first-order valence-electron chi connectivity index (χ1n) is 6.81. The second-order valence-corrected chi connectivity index (χ2v) is 6.24. The van der Waals surface area contributed by atoms with Crippen molar-refractivity contribution in [1.29, 1.82) is 0 Å². The Kier molecular flexibility index (Phi) is 5.11. The number of carbonyl (C=O) groups excluding carboxylic acids is 1. The Labute approximate surface area is 130 Å². The van der Waals surface area contributed by atoms with Crippen LogP contribution in [0.1, 0.15) is 25.3 Å². The van der Waals surface area contributed by atoms with E-state index < -0.39 is 11.0 Å². The number of nitrogens with two attached hydrogens (primary N) is 1. The highest BCUT2D eigenvalue weighted by atomic mass is 32.3. The maximum Gasteiger partial charge on any atom is 0.216 e. The van der Waals surface area contributed by atoms with E-state index in [4.69, 9.17) is 10.5 Å². The monoisotopic (exact) mass is 328 g/mol. The van der Waals surface area contributed by atoms with Crippen LogP contribution in [0, 0.1) is 0 Å². The fourth-order valence-corrected chi connectivity index (χ4v) is 2.90. The third-order valence-electron chi connectivity index (χ3n) is 2.96. The fraction of sp³-hybridized carbons (Fsp3) is 0.385. The van der Waals surface area contributed by atoms with E-state index in [-0.39, 0.29) is 11.7 Å². The van der Waals surface area contributed by atoms with Crippen LogP contribution in [-0.2, 0) is 4.79 Å². The first-order valence-corrected chi connectivity index (χ1v) is 8.31. The van der Waals surface area contributed by atoms with Gasteiger partial charge in [0.05, 0.1) is 17.9 Å². The number of amidine groups is 1. The molecular formula is C13H20N4O4S. The predicted molar refractivity (Wildman–Crippen MR) is 87.1 cm³/mol. The van der Waals surface area contributed by atoms with Crippen molar-refractivity contribution in [1.82, 2.24) is 5.32 Å². The molecule has 1 aliphatic rings. The van der Waals surface area contributed by atoms with E-state index in [0.717, 1.165) is 12.8 Å². The molecule has 1 amide bonds. The maximum atomic E-state index is 10.7. The van der Waals surface area contributed by atoms with Crippen LogP contribution in [-0.4, -0.2) is 34.0 Å². The largest absolute Gasteiger partial charge is 0.493 e. The lowest BCUT2D eigenvalue weighted by atomic mass is 10.1. The van der Waals surface area contributed by atoms with Crippen LogP contribution in [0.15, 0.2) is 22.6 Å². The summed E-state index contributed by atoms with van der Waals surface area (Å²) in [6.07, 6.45) is 1.57. The lowest BCUT2D eigenvalue weighted by Crippen LogP contribution is -2.25. The van der Waals surface area contributed by atoms with Gasteiger partial charge in [-0.25, -0.2) is 0 Å². The Bertz CT molecular complexity index is 591. The normalized spacial score (nSPS) is 16.8. The summed E-state index contributed by atoms with van der Waals surface area (Å²) < 4.78 is 31.0. The molecule has 0 unspecified atom stereocenters. The average Bonchev–Trinajstić information content (AvgIpc) is 2.40. The van der Waals surface area contributed by atoms with Gasteiger partial charge < -0.3 is 15.8 Å². The van der Waals surface area contributed by atoms with Gasteiger partial charge in [-0.2, -0.15) is 0 Å². The van der Waals surface area contributed by atoms with E-state index in [1.165, 1.54) is 6.92 Å². The number of anilines is 1. The standard InChI is InChI=1S/C13H20N4O4S/c1-9(18)15-7-2-3-8-21-11-6-4-5-10-12(11)13(14)17-22(19,20)16-10/h4-6,16,19-20H,2-3,7-8H2,1H3,(H2,14,17)(H,15,18). The number of nitrogens with one attached hydrogen (secondary N) is 2. The number of carbonyl (C=O) groups is 1. The molecule has 0 atom stereocenters. The zero-order valence-corrected chi connectivity index (χ0v) is 13.0. The number of hydrogen-bond donors (Lipinski definition) is 5. The van der Waals surface area contributed by atoms with Gasteiger partial charge in [0.15, 0.2) is 5.84 Å². The molecule has 0 spiro atoms. The minimum absolute atomic E-state index is 0.0302. The number of amides is 1. The van der Waals surface area contributed by atoms with Gasteiger partial charge in [-0.1, -0.05) is 6.07 Å². The molecule has 122 valence electrons. The Balaban J connectivity index is 1.95. The molecule has 9 heteroatoms. The quantitative estimate of drug-likeness (QED) is 0.505. The summed E-state index contributed by atoms with van der Waals surface area (Å²) >= 11 is 0. The van der Waals surface area contributed by atoms with Crippen molar-refractivity contribution in [2.45, 2.75) is 19.8 Å². The van der Waals surface area contributed by atoms with E-state index in [9.17, 15) is 13.9 Å². The fourth-order valence-electron chi connectivity index (χ4n) is 2.03. The summed E-state index contributed by atoms with van der Waals surface area (Å²) in [5, 5.41) is 2.71.